The lowest BCUT2D eigenvalue weighted by Crippen LogP contribution is -2.35. The number of methoxy groups -OCH3 is 1. The van der Waals surface area contributed by atoms with Gasteiger partial charge in [-0.1, -0.05) is 6.07 Å². The molecule has 1 aliphatic carbocycles. The van der Waals surface area contributed by atoms with Crippen molar-refractivity contribution < 1.29 is 14.2 Å². The number of benzene rings is 1. The van der Waals surface area contributed by atoms with E-state index in [4.69, 9.17) is 19.9 Å². The number of hydrogen-bond acceptors (Lipinski definition) is 4. The highest BCUT2D eigenvalue weighted by molar-refractivity contribution is 5.39. The van der Waals surface area contributed by atoms with Gasteiger partial charge in [0.25, 0.3) is 0 Å². The zero-order valence-corrected chi connectivity index (χ0v) is 12.0. The lowest BCUT2D eigenvalue weighted by Gasteiger charge is -2.31. The van der Waals surface area contributed by atoms with E-state index in [2.05, 4.69) is 12.1 Å². The molecule has 4 nitrogen and oxygen atoms in total. The Morgan fingerprint density at radius 1 is 1.35 bits per heavy atom. The summed E-state index contributed by atoms with van der Waals surface area (Å²) in [6.07, 6.45) is 4.58. The summed E-state index contributed by atoms with van der Waals surface area (Å²) in [5.41, 5.74) is 8.84. The Morgan fingerprint density at radius 2 is 2.25 bits per heavy atom. The molecule has 3 rings (SSSR count). The Kier molecular flexibility index (Phi) is 4.24. The molecule has 0 radical (unpaired) electrons. The third-order valence-electron chi connectivity index (χ3n) is 4.33. The summed E-state index contributed by atoms with van der Waals surface area (Å²) in [6.45, 7) is 1.54. The molecule has 1 aliphatic heterocycles. The molecule has 1 aromatic rings. The molecule has 0 spiro atoms. The van der Waals surface area contributed by atoms with Crippen LogP contribution in [0.2, 0.25) is 0 Å². The molecule has 1 fully saturated rings. The first kappa shape index (κ1) is 13.9. The minimum atomic E-state index is -0.0499. The minimum Gasteiger partial charge on any atom is -0.497 e. The Morgan fingerprint density at radius 3 is 3.00 bits per heavy atom. The largest absolute Gasteiger partial charge is 0.497 e. The molecule has 1 saturated heterocycles. The second kappa shape index (κ2) is 6.12. The average Bonchev–Trinajstić information content (AvgIpc) is 2.99. The standard InChI is InChI=1S/C16H23NO3/c1-18-12-5-6-14-11(9-12)4-7-15(16(14)17)20-10-13-3-2-8-19-13/h5-6,9,13,15-16H,2-4,7-8,10,17H2,1H3. The van der Waals surface area contributed by atoms with E-state index in [0.717, 1.165) is 38.0 Å². The Hall–Kier alpha value is -1.10. The maximum atomic E-state index is 6.36. The van der Waals surface area contributed by atoms with Crippen molar-refractivity contribution in [3.8, 4) is 5.75 Å². The fourth-order valence-corrected chi connectivity index (χ4v) is 3.12. The van der Waals surface area contributed by atoms with Gasteiger partial charge < -0.3 is 19.9 Å². The number of rotatable bonds is 4. The number of hydrogen-bond donors (Lipinski definition) is 1. The number of aryl methyl sites for hydroxylation is 1. The van der Waals surface area contributed by atoms with E-state index in [1.165, 1.54) is 11.1 Å². The lowest BCUT2D eigenvalue weighted by atomic mass is 9.86. The molecule has 3 atom stereocenters. The van der Waals surface area contributed by atoms with E-state index in [1.54, 1.807) is 7.11 Å². The Bertz CT molecular complexity index is 457. The first-order valence-corrected chi connectivity index (χ1v) is 7.43. The van der Waals surface area contributed by atoms with Crippen molar-refractivity contribution in [2.24, 2.45) is 5.73 Å². The normalized spacial score (nSPS) is 29.2. The van der Waals surface area contributed by atoms with E-state index >= 15 is 0 Å². The maximum Gasteiger partial charge on any atom is 0.119 e. The van der Waals surface area contributed by atoms with Gasteiger partial charge in [0, 0.05) is 6.61 Å². The SMILES string of the molecule is COc1ccc2c(c1)CCC(OCC1CCCO1)C2N. The van der Waals surface area contributed by atoms with Crippen LogP contribution in [-0.4, -0.2) is 32.5 Å². The van der Waals surface area contributed by atoms with Crippen molar-refractivity contribution >= 4 is 0 Å². The Labute approximate surface area is 120 Å². The summed E-state index contributed by atoms with van der Waals surface area (Å²) in [4.78, 5) is 0. The van der Waals surface area contributed by atoms with Gasteiger partial charge >= 0.3 is 0 Å². The molecule has 0 bridgehead atoms. The summed E-state index contributed by atoms with van der Waals surface area (Å²) < 4.78 is 16.9. The second-order valence-electron chi connectivity index (χ2n) is 5.64. The average molecular weight is 277 g/mol. The van der Waals surface area contributed by atoms with Crippen LogP contribution in [0.3, 0.4) is 0 Å². The van der Waals surface area contributed by atoms with Crippen LogP contribution in [0.25, 0.3) is 0 Å². The van der Waals surface area contributed by atoms with Crippen LogP contribution in [-0.2, 0) is 15.9 Å². The molecule has 2 aliphatic rings. The highest BCUT2D eigenvalue weighted by Crippen LogP contribution is 2.32. The highest BCUT2D eigenvalue weighted by Gasteiger charge is 2.29. The van der Waals surface area contributed by atoms with Crippen LogP contribution in [0.5, 0.6) is 5.75 Å². The molecule has 3 unspecified atom stereocenters. The third-order valence-corrected chi connectivity index (χ3v) is 4.33. The number of ether oxygens (including phenoxy) is 3. The molecule has 0 amide bonds. The summed E-state index contributed by atoms with van der Waals surface area (Å²) in [5, 5.41) is 0. The van der Waals surface area contributed by atoms with Gasteiger partial charge in [0.05, 0.1) is 32.0 Å². The number of nitrogens with two attached hydrogens (primary N) is 1. The Balaban J connectivity index is 1.64. The van der Waals surface area contributed by atoms with Crippen LogP contribution >= 0.6 is 0 Å². The summed E-state index contributed by atoms with van der Waals surface area (Å²) >= 11 is 0. The maximum absolute atomic E-state index is 6.36. The van der Waals surface area contributed by atoms with Crippen LogP contribution in [0.15, 0.2) is 18.2 Å². The summed E-state index contributed by atoms with van der Waals surface area (Å²) in [5.74, 6) is 0.898. The zero-order valence-electron chi connectivity index (χ0n) is 12.0. The van der Waals surface area contributed by atoms with Crippen molar-refractivity contribution in [2.75, 3.05) is 20.3 Å². The molecule has 0 saturated carbocycles. The fraction of sp³-hybridized carbons (Fsp3) is 0.625. The van der Waals surface area contributed by atoms with E-state index in [0.29, 0.717) is 6.61 Å². The molecule has 2 N–H and O–H groups in total. The van der Waals surface area contributed by atoms with Gasteiger partial charge in [-0.05, 0) is 48.9 Å². The summed E-state index contributed by atoms with van der Waals surface area (Å²) in [6, 6.07) is 6.08. The smallest absolute Gasteiger partial charge is 0.119 e. The summed E-state index contributed by atoms with van der Waals surface area (Å²) in [7, 11) is 1.69. The second-order valence-corrected chi connectivity index (χ2v) is 5.64. The predicted octanol–water partition coefficient (Wildman–Crippen LogP) is 2.21. The molecule has 1 aromatic carbocycles. The van der Waals surface area contributed by atoms with Crippen molar-refractivity contribution in [3.63, 3.8) is 0 Å². The predicted molar refractivity (Wildman–Crippen MR) is 77.0 cm³/mol. The van der Waals surface area contributed by atoms with E-state index < -0.39 is 0 Å². The van der Waals surface area contributed by atoms with E-state index in [1.807, 2.05) is 6.07 Å². The molecule has 110 valence electrons. The van der Waals surface area contributed by atoms with Gasteiger partial charge in [-0.15, -0.1) is 0 Å². The topological polar surface area (TPSA) is 53.7 Å². The number of fused-ring (bicyclic) bond motifs is 1. The van der Waals surface area contributed by atoms with E-state index in [-0.39, 0.29) is 18.2 Å². The molecule has 1 heterocycles. The van der Waals surface area contributed by atoms with Gasteiger partial charge in [-0.25, -0.2) is 0 Å². The van der Waals surface area contributed by atoms with Crippen molar-refractivity contribution in [1.29, 1.82) is 0 Å². The zero-order chi connectivity index (χ0) is 13.9. The molecule has 4 heteroatoms. The first-order chi connectivity index (χ1) is 9.78. The van der Waals surface area contributed by atoms with Crippen LogP contribution in [0.4, 0.5) is 0 Å². The van der Waals surface area contributed by atoms with Gasteiger partial charge in [0.1, 0.15) is 5.75 Å². The van der Waals surface area contributed by atoms with Crippen molar-refractivity contribution in [3.05, 3.63) is 29.3 Å². The van der Waals surface area contributed by atoms with Crippen molar-refractivity contribution in [1.82, 2.24) is 0 Å². The third kappa shape index (κ3) is 2.82. The van der Waals surface area contributed by atoms with Gasteiger partial charge in [-0.3, -0.25) is 0 Å². The minimum absolute atomic E-state index is 0.0499. The van der Waals surface area contributed by atoms with Crippen LogP contribution in [0.1, 0.15) is 36.4 Å². The van der Waals surface area contributed by atoms with Crippen LogP contribution in [0, 0.1) is 0 Å². The lowest BCUT2D eigenvalue weighted by molar-refractivity contribution is -0.0347. The molecule has 20 heavy (non-hydrogen) atoms. The highest BCUT2D eigenvalue weighted by atomic mass is 16.5. The molecule has 0 aromatic heterocycles. The first-order valence-electron chi connectivity index (χ1n) is 7.43. The molecular weight excluding hydrogens is 254 g/mol. The quantitative estimate of drug-likeness (QED) is 0.916. The van der Waals surface area contributed by atoms with Gasteiger partial charge in [-0.2, -0.15) is 0 Å². The fourth-order valence-electron chi connectivity index (χ4n) is 3.12. The van der Waals surface area contributed by atoms with E-state index in [9.17, 15) is 0 Å². The molecular formula is C16H23NO3. The van der Waals surface area contributed by atoms with Crippen LogP contribution < -0.4 is 10.5 Å². The monoisotopic (exact) mass is 277 g/mol. The van der Waals surface area contributed by atoms with Gasteiger partial charge in [0.2, 0.25) is 0 Å². The van der Waals surface area contributed by atoms with Gasteiger partial charge in [0.15, 0.2) is 0 Å². The van der Waals surface area contributed by atoms with Crippen molar-refractivity contribution in [2.45, 2.75) is 43.9 Å².